The molecule has 1 aliphatic rings. The van der Waals surface area contributed by atoms with Crippen LogP contribution < -0.4 is 11.2 Å². The Balaban J connectivity index is 1.96. The molecule has 1 aliphatic heterocycles. The lowest BCUT2D eigenvalue weighted by Crippen LogP contribution is -2.37. The molecular formula is C24H22ClN3O3. The summed E-state index contributed by atoms with van der Waals surface area (Å²) in [5.41, 5.74) is 4.49. The zero-order chi connectivity index (χ0) is 21.9. The Hall–Kier alpha value is -3.09. The highest BCUT2D eigenvalue weighted by atomic mass is 35.5. The number of nitrogens with zero attached hydrogens (tertiary/aromatic N) is 3. The Kier molecular flexibility index (Phi) is 4.64. The highest BCUT2D eigenvalue weighted by Crippen LogP contribution is 2.41. The van der Waals surface area contributed by atoms with E-state index < -0.39 is 6.10 Å². The molecule has 0 spiro atoms. The second-order valence-corrected chi connectivity index (χ2v) is 8.43. The standard InChI is InChI=1S/C24H22ClN3O3/c1-14-6-4-7-15(12-14)19-18-20(26(2)24(30)27(3)23(18)29)21-22(31-11-10-28(19)21)16-8-5-9-17(25)13-16/h4-9,12-13,22H,10-11H2,1-3H3. The van der Waals surface area contributed by atoms with Crippen LogP contribution in [0.1, 0.15) is 22.9 Å². The Morgan fingerprint density at radius 2 is 1.81 bits per heavy atom. The van der Waals surface area contributed by atoms with E-state index in [9.17, 15) is 9.59 Å². The number of rotatable bonds is 2. The van der Waals surface area contributed by atoms with Crippen LogP contribution >= 0.6 is 11.6 Å². The van der Waals surface area contributed by atoms with Gasteiger partial charge in [-0.1, -0.05) is 47.5 Å². The third-order valence-electron chi connectivity index (χ3n) is 6.00. The molecule has 0 bridgehead atoms. The number of ether oxygens (including phenoxy) is 1. The first-order chi connectivity index (χ1) is 14.9. The maximum absolute atomic E-state index is 13.4. The number of halogens is 1. The molecule has 0 fully saturated rings. The van der Waals surface area contributed by atoms with Crippen LogP contribution in [-0.2, 0) is 25.4 Å². The van der Waals surface area contributed by atoms with Gasteiger partial charge in [0.1, 0.15) is 6.10 Å². The van der Waals surface area contributed by atoms with E-state index in [4.69, 9.17) is 16.3 Å². The Bertz CT molecular complexity index is 1460. The van der Waals surface area contributed by atoms with Gasteiger partial charge in [0.05, 0.1) is 28.9 Å². The molecule has 0 radical (unpaired) electrons. The molecule has 2 aromatic carbocycles. The van der Waals surface area contributed by atoms with Crippen molar-refractivity contribution in [3.63, 3.8) is 0 Å². The maximum atomic E-state index is 13.4. The smallest absolute Gasteiger partial charge is 0.331 e. The van der Waals surface area contributed by atoms with Gasteiger partial charge in [0.2, 0.25) is 0 Å². The summed E-state index contributed by atoms with van der Waals surface area (Å²) in [6, 6.07) is 15.6. The van der Waals surface area contributed by atoms with Crippen LogP contribution in [0.25, 0.3) is 22.2 Å². The highest BCUT2D eigenvalue weighted by molar-refractivity contribution is 6.30. The molecule has 3 heterocycles. The van der Waals surface area contributed by atoms with Crippen LogP contribution in [0.2, 0.25) is 5.02 Å². The van der Waals surface area contributed by atoms with E-state index in [0.29, 0.717) is 29.1 Å². The van der Waals surface area contributed by atoms with Gasteiger partial charge in [-0.25, -0.2) is 4.79 Å². The minimum Gasteiger partial charge on any atom is -0.365 e. The van der Waals surface area contributed by atoms with E-state index in [1.54, 1.807) is 11.6 Å². The lowest BCUT2D eigenvalue weighted by atomic mass is 10.0. The molecule has 7 heteroatoms. The van der Waals surface area contributed by atoms with Crippen molar-refractivity contribution in [3.8, 4) is 11.3 Å². The van der Waals surface area contributed by atoms with Gasteiger partial charge in [0, 0.05) is 25.7 Å². The minimum absolute atomic E-state index is 0.304. The third kappa shape index (κ3) is 2.98. The molecule has 0 N–H and O–H groups in total. The number of fused-ring (bicyclic) bond motifs is 3. The Labute approximate surface area is 183 Å². The number of aryl methyl sites for hydroxylation is 2. The summed E-state index contributed by atoms with van der Waals surface area (Å²) in [4.78, 5) is 26.2. The third-order valence-corrected chi connectivity index (χ3v) is 6.23. The van der Waals surface area contributed by atoms with Crippen molar-refractivity contribution in [1.29, 1.82) is 0 Å². The fraction of sp³-hybridized carbons (Fsp3) is 0.250. The van der Waals surface area contributed by atoms with E-state index in [1.165, 1.54) is 11.6 Å². The molecule has 6 nitrogen and oxygen atoms in total. The first-order valence-corrected chi connectivity index (χ1v) is 10.5. The summed E-state index contributed by atoms with van der Waals surface area (Å²) >= 11 is 6.26. The fourth-order valence-corrected chi connectivity index (χ4v) is 4.79. The Morgan fingerprint density at radius 1 is 1.03 bits per heavy atom. The fourth-order valence-electron chi connectivity index (χ4n) is 4.60. The van der Waals surface area contributed by atoms with Crippen LogP contribution in [0.5, 0.6) is 0 Å². The SMILES string of the molecule is Cc1cccc(-c2c3c(=O)n(C)c(=O)n(C)c3c3n2CCOC3c2cccc(Cl)c2)c1. The second-order valence-electron chi connectivity index (χ2n) is 7.99. The molecule has 0 amide bonds. The predicted octanol–water partition coefficient (Wildman–Crippen LogP) is 3.79. The van der Waals surface area contributed by atoms with E-state index >= 15 is 0 Å². The van der Waals surface area contributed by atoms with Crippen LogP contribution in [0.3, 0.4) is 0 Å². The van der Waals surface area contributed by atoms with Crippen molar-refractivity contribution in [3.05, 3.63) is 91.2 Å². The minimum atomic E-state index is -0.439. The lowest BCUT2D eigenvalue weighted by molar-refractivity contribution is 0.0478. The van der Waals surface area contributed by atoms with Gasteiger partial charge in [-0.05, 0) is 36.2 Å². The summed E-state index contributed by atoms with van der Waals surface area (Å²) in [5, 5.41) is 1.14. The van der Waals surface area contributed by atoms with Gasteiger partial charge in [0.25, 0.3) is 5.56 Å². The van der Waals surface area contributed by atoms with Gasteiger partial charge in [-0.2, -0.15) is 0 Å². The topological polar surface area (TPSA) is 58.2 Å². The van der Waals surface area contributed by atoms with E-state index in [2.05, 4.69) is 10.6 Å². The monoisotopic (exact) mass is 435 g/mol. The van der Waals surface area contributed by atoms with Crippen LogP contribution in [-0.4, -0.2) is 20.3 Å². The van der Waals surface area contributed by atoms with E-state index in [1.807, 2.05) is 49.4 Å². The Morgan fingerprint density at radius 3 is 2.55 bits per heavy atom. The quantitative estimate of drug-likeness (QED) is 0.481. The van der Waals surface area contributed by atoms with Crippen LogP contribution in [0, 0.1) is 6.92 Å². The van der Waals surface area contributed by atoms with Crippen molar-refractivity contribution in [1.82, 2.24) is 13.7 Å². The molecule has 0 aliphatic carbocycles. The van der Waals surface area contributed by atoms with Crippen LogP contribution in [0.15, 0.2) is 58.1 Å². The van der Waals surface area contributed by atoms with E-state index in [0.717, 1.165) is 28.1 Å². The van der Waals surface area contributed by atoms with Gasteiger partial charge in [0.15, 0.2) is 0 Å². The average Bonchev–Trinajstić information content (AvgIpc) is 3.11. The van der Waals surface area contributed by atoms with Crippen molar-refractivity contribution >= 4 is 22.5 Å². The zero-order valence-corrected chi connectivity index (χ0v) is 18.3. The van der Waals surface area contributed by atoms with Crippen LogP contribution in [0.4, 0.5) is 0 Å². The molecule has 2 aromatic heterocycles. The molecule has 1 atom stereocenters. The normalized spacial score (nSPS) is 15.9. The average molecular weight is 436 g/mol. The molecule has 0 saturated carbocycles. The van der Waals surface area contributed by atoms with Gasteiger partial charge in [-0.3, -0.25) is 13.9 Å². The molecule has 1 unspecified atom stereocenters. The van der Waals surface area contributed by atoms with Crippen molar-refractivity contribution < 1.29 is 4.74 Å². The first-order valence-electron chi connectivity index (χ1n) is 10.1. The van der Waals surface area contributed by atoms with Crippen molar-refractivity contribution in [2.24, 2.45) is 14.1 Å². The summed E-state index contributed by atoms with van der Waals surface area (Å²) in [7, 11) is 3.22. The number of hydrogen-bond donors (Lipinski definition) is 0. The summed E-state index contributed by atoms with van der Waals surface area (Å²) in [5.74, 6) is 0. The molecule has 31 heavy (non-hydrogen) atoms. The predicted molar refractivity (Wildman–Crippen MR) is 122 cm³/mol. The largest absolute Gasteiger partial charge is 0.365 e. The molecule has 0 saturated heterocycles. The van der Waals surface area contributed by atoms with Gasteiger partial charge >= 0.3 is 5.69 Å². The summed E-state index contributed by atoms with van der Waals surface area (Å²) < 4.78 is 11.0. The van der Waals surface area contributed by atoms with Gasteiger partial charge < -0.3 is 9.30 Å². The second kappa shape index (κ2) is 7.25. The summed E-state index contributed by atoms with van der Waals surface area (Å²) in [6.45, 7) is 3.09. The van der Waals surface area contributed by atoms with Gasteiger partial charge in [-0.15, -0.1) is 0 Å². The molecule has 5 rings (SSSR count). The number of hydrogen-bond acceptors (Lipinski definition) is 3. The summed E-state index contributed by atoms with van der Waals surface area (Å²) in [6.07, 6.45) is -0.439. The molecule has 4 aromatic rings. The lowest BCUT2D eigenvalue weighted by Gasteiger charge is -2.28. The highest BCUT2D eigenvalue weighted by Gasteiger charge is 2.33. The maximum Gasteiger partial charge on any atom is 0.331 e. The number of aromatic nitrogens is 3. The molecular weight excluding hydrogens is 414 g/mol. The van der Waals surface area contributed by atoms with Crippen molar-refractivity contribution in [2.45, 2.75) is 19.6 Å². The number of benzene rings is 2. The zero-order valence-electron chi connectivity index (χ0n) is 17.6. The first kappa shape index (κ1) is 19.8. The van der Waals surface area contributed by atoms with Crippen molar-refractivity contribution in [2.75, 3.05) is 6.61 Å². The van der Waals surface area contributed by atoms with E-state index in [-0.39, 0.29) is 11.2 Å². The molecule has 158 valence electrons.